The number of carbonyl (C=O) groups excluding carboxylic acids is 1. The molecule has 1 aliphatic heterocycles. The van der Waals surface area contributed by atoms with Crippen molar-refractivity contribution >= 4 is 21.4 Å². The summed E-state index contributed by atoms with van der Waals surface area (Å²) < 4.78 is 22.7. The summed E-state index contributed by atoms with van der Waals surface area (Å²) in [5, 5.41) is 3.15. The van der Waals surface area contributed by atoms with Gasteiger partial charge in [0, 0.05) is 38.0 Å². The van der Waals surface area contributed by atoms with Crippen LogP contribution in [0.5, 0.6) is 0 Å². The minimum absolute atomic E-state index is 0.190. The third kappa shape index (κ3) is 4.74. The smallest absolute Gasteiger partial charge is 0.224 e. The molecule has 1 aromatic rings. The topological polar surface area (TPSA) is 66.5 Å². The van der Waals surface area contributed by atoms with Crippen LogP contribution in [0.25, 0.3) is 0 Å². The van der Waals surface area contributed by atoms with Crippen molar-refractivity contribution < 1.29 is 13.2 Å². The Hall–Kier alpha value is -1.56. The highest BCUT2D eigenvalue weighted by molar-refractivity contribution is 7.90. The van der Waals surface area contributed by atoms with Gasteiger partial charge in [-0.3, -0.25) is 4.79 Å². The molecular weight excluding hydrogens is 288 g/mol. The van der Waals surface area contributed by atoms with Crippen LogP contribution in [0, 0.1) is 0 Å². The molecule has 5 nitrogen and oxygen atoms in total. The van der Waals surface area contributed by atoms with Crippen LogP contribution in [-0.4, -0.2) is 45.1 Å². The molecule has 2 rings (SSSR count). The second-order valence-corrected chi connectivity index (χ2v) is 7.43. The first kappa shape index (κ1) is 15.8. The van der Waals surface area contributed by atoms with Crippen molar-refractivity contribution in [2.75, 3.05) is 31.2 Å². The first-order valence-electron chi connectivity index (χ1n) is 7.28. The minimum atomic E-state index is -3.16. The van der Waals surface area contributed by atoms with E-state index in [1.807, 2.05) is 4.90 Å². The van der Waals surface area contributed by atoms with Crippen molar-refractivity contribution in [1.29, 1.82) is 0 Å². The molecule has 0 saturated carbocycles. The molecule has 6 heteroatoms. The summed E-state index contributed by atoms with van der Waals surface area (Å²) in [7, 11) is -3.16. The molecule has 1 saturated heterocycles. The quantitative estimate of drug-likeness (QED) is 0.902. The van der Waals surface area contributed by atoms with Gasteiger partial charge < -0.3 is 10.2 Å². The zero-order valence-electron chi connectivity index (χ0n) is 12.3. The number of piperidine rings is 1. The van der Waals surface area contributed by atoms with Gasteiger partial charge in [-0.2, -0.15) is 0 Å². The van der Waals surface area contributed by atoms with E-state index in [0.29, 0.717) is 17.9 Å². The number of anilines is 1. The van der Waals surface area contributed by atoms with Gasteiger partial charge in [0.1, 0.15) is 0 Å². The van der Waals surface area contributed by atoms with Crippen molar-refractivity contribution in [3.63, 3.8) is 0 Å². The summed E-state index contributed by atoms with van der Waals surface area (Å²) in [6, 6.07) is 6.59. The number of benzene rings is 1. The van der Waals surface area contributed by atoms with Crippen LogP contribution in [0.4, 0.5) is 5.69 Å². The molecule has 1 aromatic carbocycles. The predicted molar refractivity (Wildman–Crippen MR) is 83.1 cm³/mol. The fraction of sp³-hybridized carbons (Fsp3) is 0.533. The molecule has 1 amide bonds. The molecule has 1 N–H and O–H groups in total. The standard InChI is InChI=1S/C15H22N2O3S/c1-21(19,20)14-7-5-13(6-8-14)16-10-9-15(18)17-11-3-2-4-12-17/h5-8,16H,2-4,9-12H2,1H3. The molecule has 0 spiro atoms. The van der Waals surface area contributed by atoms with E-state index in [0.717, 1.165) is 31.6 Å². The number of rotatable bonds is 5. The van der Waals surface area contributed by atoms with Crippen LogP contribution in [-0.2, 0) is 14.6 Å². The average molecular weight is 310 g/mol. The fourth-order valence-electron chi connectivity index (χ4n) is 2.44. The van der Waals surface area contributed by atoms with E-state index in [-0.39, 0.29) is 5.91 Å². The first-order chi connectivity index (χ1) is 9.97. The largest absolute Gasteiger partial charge is 0.385 e. The van der Waals surface area contributed by atoms with E-state index in [1.54, 1.807) is 24.3 Å². The summed E-state index contributed by atoms with van der Waals surface area (Å²) in [6.07, 6.45) is 5.08. The maximum atomic E-state index is 12.0. The lowest BCUT2D eigenvalue weighted by Crippen LogP contribution is -2.36. The minimum Gasteiger partial charge on any atom is -0.385 e. The van der Waals surface area contributed by atoms with Crippen LogP contribution < -0.4 is 5.32 Å². The highest BCUT2D eigenvalue weighted by Gasteiger charge is 2.15. The van der Waals surface area contributed by atoms with E-state index < -0.39 is 9.84 Å². The lowest BCUT2D eigenvalue weighted by atomic mass is 10.1. The Bertz CT molecular complexity index is 575. The lowest BCUT2D eigenvalue weighted by Gasteiger charge is -2.26. The zero-order valence-corrected chi connectivity index (χ0v) is 13.2. The van der Waals surface area contributed by atoms with Gasteiger partial charge in [-0.1, -0.05) is 0 Å². The number of nitrogens with zero attached hydrogens (tertiary/aromatic N) is 1. The molecule has 1 aliphatic rings. The highest BCUT2D eigenvalue weighted by Crippen LogP contribution is 2.14. The highest BCUT2D eigenvalue weighted by atomic mass is 32.2. The predicted octanol–water partition coefficient (Wildman–Crippen LogP) is 1.90. The van der Waals surface area contributed by atoms with E-state index in [9.17, 15) is 13.2 Å². The van der Waals surface area contributed by atoms with E-state index >= 15 is 0 Å². The lowest BCUT2D eigenvalue weighted by molar-refractivity contribution is -0.131. The Morgan fingerprint density at radius 3 is 2.33 bits per heavy atom. The SMILES string of the molecule is CS(=O)(=O)c1ccc(NCCC(=O)N2CCCCC2)cc1. The molecule has 0 unspecified atom stereocenters. The van der Waals surface area contributed by atoms with Gasteiger partial charge in [0.15, 0.2) is 9.84 Å². The van der Waals surface area contributed by atoms with E-state index in [1.165, 1.54) is 12.7 Å². The van der Waals surface area contributed by atoms with Crippen molar-refractivity contribution in [3.8, 4) is 0 Å². The zero-order chi connectivity index (χ0) is 15.3. The monoisotopic (exact) mass is 310 g/mol. The van der Waals surface area contributed by atoms with Crippen LogP contribution in [0.2, 0.25) is 0 Å². The molecule has 116 valence electrons. The summed E-state index contributed by atoms with van der Waals surface area (Å²) in [5.74, 6) is 0.190. The molecule has 1 fully saturated rings. The molecule has 0 bridgehead atoms. The Labute approximate surface area is 126 Å². The maximum absolute atomic E-state index is 12.0. The van der Waals surface area contributed by atoms with Crippen molar-refractivity contribution in [2.24, 2.45) is 0 Å². The fourth-order valence-corrected chi connectivity index (χ4v) is 3.07. The number of hydrogen-bond acceptors (Lipinski definition) is 4. The van der Waals surface area contributed by atoms with Gasteiger partial charge in [0.25, 0.3) is 0 Å². The number of amides is 1. The number of sulfone groups is 1. The molecular formula is C15H22N2O3S. The first-order valence-corrected chi connectivity index (χ1v) is 9.18. The van der Waals surface area contributed by atoms with Crippen molar-refractivity contribution in [3.05, 3.63) is 24.3 Å². The molecule has 0 radical (unpaired) electrons. The van der Waals surface area contributed by atoms with Gasteiger partial charge in [-0.25, -0.2) is 8.42 Å². The summed E-state index contributed by atoms with van der Waals surface area (Å²) in [5.41, 5.74) is 0.828. The molecule has 1 heterocycles. The Balaban J connectivity index is 1.79. The number of nitrogens with one attached hydrogen (secondary N) is 1. The van der Waals surface area contributed by atoms with Gasteiger partial charge in [-0.15, -0.1) is 0 Å². The Morgan fingerprint density at radius 1 is 1.14 bits per heavy atom. The molecule has 0 aromatic heterocycles. The molecule has 0 aliphatic carbocycles. The number of hydrogen-bond donors (Lipinski definition) is 1. The van der Waals surface area contributed by atoms with Crippen molar-refractivity contribution in [2.45, 2.75) is 30.6 Å². The number of likely N-dealkylation sites (tertiary alicyclic amines) is 1. The third-order valence-electron chi connectivity index (χ3n) is 3.66. The van der Waals surface area contributed by atoms with E-state index in [2.05, 4.69) is 5.32 Å². The van der Waals surface area contributed by atoms with Crippen LogP contribution in [0.15, 0.2) is 29.2 Å². The second kappa shape index (κ2) is 6.93. The molecule has 21 heavy (non-hydrogen) atoms. The normalized spacial score (nSPS) is 15.8. The van der Waals surface area contributed by atoms with Gasteiger partial charge >= 0.3 is 0 Å². The maximum Gasteiger partial charge on any atom is 0.224 e. The third-order valence-corrected chi connectivity index (χ3v) is 4.79. The van der Waals surface area contributed by atoms with Gasteiger partial charge in [0.2, 0.25) is 5.91 Å². The summed E-state index contributed by atoms with van der Waals surface area (Å²) >= 11 is 0. The second-order valence-electron chi connectivity index (χ2n) is 5.41. The summed E-state index contributed by atoms with van der Waals surface area (Å²) in [4.78, 5) is 14.2. The summed E-state index contributed by atoms with van der Waals surface area (Å²) in [6.45, 7) is 2.32. The van der Waals surface area contributed by atoms with E-state index in [4.69, 9.17) is 0 Å². The average Bonchev–Trinajstić information content (AvgIpc) is 2.47. The molecule has 0 atom stereocenters. The van der Waals surface area contributed by atoms with Crippen LogP contribution in [0.1, 0.15) is 25.7 Å². The van der Waals surface area contributed by atoms with Crippen LogP contribution >= 0.6 is 0 Å². The van der Waals surface area contributed by atoms with Crippen molar-refractivity contribution in [1.82, 2.24) is 4.90 Å². The van der Waals surface area contributed by atoms with Gasteiger partial charge in [-0.05, 0) is 43.5 Å². The number of carbonyl (C=O) groups is 1. The van der Waals surface area contributed by atoms with Crippen LogP contribution in [0.3, 0.4) is 0 Å². The Kier molecular flexibility index (Phi) is 5.22. The Morgan fingerprint density at radius 2 is 1.76 bits per heavy atom. The van der Waals surface area contributed by atoms with Gasteiger partial charge in [0.05, 0.1) is 4.90 Å².